The van der Waals surface area contributed by atoms with Crippen LogP contribution >= 0.6 is 0 Å². The van der Waals surface area contributed by atoms with Crippen LogP contribution in [0.5, 0.6) is 0 Å². The third kappa shape index (κ3) is 9.11. The number of hydrogen-bond acceptors (Lipinski definition) is 8. The lowest BCUT2D eigenvalue weighted by atomic mass is 9.57. The van der Waals surface area contributed by atoms with Crippen molar-refractivity contribution in [2.24, 2.45) is 17.8 Å². The highest BCUT2D eigenvalue weighted by Crippen LogP contribution is 2.51. The van der Waals surface area contributed by atoms with Crippen LogP contribution in [0.15, 0.2) is 65.6 Å². The number of hydrogen-bond donors (Lipinski definition) is 2. The van der Waals surface area contributed by atoms with E-state index in [0.29, 0.717) is 18.7 Å². The van der Waals surface area contributed by atoms with Gasteiger partial charge in [0.2, 0.25) is 11.8 Å². The van der Waals surface area contributed by atoms with Crippen molar-refractivity contribution in [2.75, 3.05) is 83.4 Å². The fourth-order valence-corrected chi connectivity index (χ4v) is 12.9. The molecule has 320 valence electrons. The Labute approximate surface area is 348 Å². The second kappa shape index (κ2) is 18.0. The third-order valence-corrected chi connectivity index (χ3v) is 16.6. The van der Waals surface area contributed by atoms with Crippen LogP contribution in [0.25, 0.3) is 0 Å². The van der Waals surface area contributed by atoms with Crippen molar-refractivity contribution in [1.82, 2.24) is 24.9 Å². The molecule has 4 atom stereocenters. The molecular formula is C45H61FN6O6S. The average Bonchev–Trinajstić information content (AvgIpc) is 3.80. The quantitative estimate of drug-likeness (QED) is 0.253. The molecule has 1 aliphatic carbocycles. The number of sulfone groups is 1. The number of anilines is 1. The Morgan fingerprint density at radius 3 is 2.25 bits per heavy atom. The Balaban J connectivity index is 0.868. The van der Waals surface area contributed by atoms with E-state index >= 15 is 0 Å². The summed E-state index contributed by atoms with van der Waals surface area (Å²) in [5.41, 5.74) is 1.28. The molecular weight excluding hydrogens is 772 g/mol. The largest absolute Gasteiger partial charge is 0.465 e. The second-order valence-electron chi connectivity index (χ2n) is 18.1. The van der Waals surface area contributed by atoms with Crippen LogP contribution in [0.1, 0.15) is 69.8 Å². The Hall–Kier alpha value is -3.85. The van der Waals surface area contributed by atoms with Crippen molar-refractivity contribution in [2.45, 2.75) is 85.8 Å². The number of nitrogens with one attached hydrogen (secondary N) is 1. The molecule has 0 unspecified atom stereocenters. The molecule has 5 aliphatic heterocycles. The maximum absolute atomic E-state index is 15.0. The molecule has 0 bridgehead atoms. The number of rotatable bonds is 14. The second-order valence-corrected chi connectivity index (χ2v) is 20.3. The molecule has 12 nitrogen and oxygen atoms in total. The Bertz CT molecular complexity index is 1960. The van der Waals surface area contributed by atoms with E-state index in [1.807, 2.05) is 6.08 Å². The predicted octanol–water partition coefficient (Wildman–Crippen LogP) is 5.00. The van der Waals surface area contributed by atoms with E-state index in [4.69, 9.17) is 0 Å². The molecule has 8 rings (SSSR count). The molecule has 2 N–H and O–H groups in total. The summed E-state index contributed by atoms with van der Waals surface area (Å²) in [6, 6.07) is 13.5. The van der Waals surface area contributed by atoms with E-state index < -0.39 is 26.6 Å². The van der Waals surface area contributed by atoms with Crippen molar-refractivity contribution < 1.29 is 32.3 Å². The van der Waals surface area contributed by atoms with Crippen LogP contribution in [0.3, 0.4) is 0 Å². The fraction of sp³-hybridized carbons (Fsp3) is 0.622. The van der Waals surface area contributed by atoms with Gasteiger partial charge in [0, 0.05) is 68.9 Å². The average molecular weight is 833 g/mol. The first-order chi connectivity index (χ1) is 28.5. The van der Waals surface area contributed by atoms with Crippen molar-refractivity contribution in [3.05, 3.63) is 72.1 Å². The van der Waals surface area contributed by atoms with Crippen LogP contribution < -0.4 is 10.2 Å². The number of halogens is 1. The maximum atomic E-state index is 15.0. The number of carbonyl (C=O) groups excluding carboxylic acids is 2. The molecule has 2 aromatic rings. The van der Waals surface area contributed by atoms with Crippen molar-refractivity contribution in [1.29, 1.82) is 0 Å². The lowest BCUT2D eigenvalue weighted by Crippen LogP contribution is -2.59. The monoisotopic (exact) mass is 832 g/mol. The number of piperidine rings is 2. The molecule has 5 saturated heterocycles. The molecule has 6 fully saturated rings. The van der Waals surface area contributed by atoms with Gasteiger partial charge in [0.25, 0.3) is 0 Å². The summed E-state index contributed by atoms with van der Waals surface area (Å²) in [6.45, 7) is 9.02. The fourth-order valence-electron chi connectivity index (χ4n) is 11.2. The standard InChI is InChI=1S/C45H61FN6O6S/c46-36-9-4-8-35(27-36)45(32-50-22-7-23-50,40-10-5-11-41(40)47-44(55)56)34-17-24-49(25-18-34)28-33-26-43(54)52(29-33)37-13-15-38(16-14-37)59(57,58)39-30-51(31-39)42(53)12-6-21-48-19-2-1-3-20-48/h4,6,8-9,12-16,27,33-34,39-41,47H,1-3,5,7,10-11,17-26,28-32H2,(H,55,56)/b12-6+/t33-,40-,41-,45-/m0/s1. The van der Waals surface area contributed by atoms with E-state index in [2.05, 4.69) is 26.1 Å². The van der Waals surface area contributed by atoms with Crippen LogP contribution in [0.4, 0.5) is 14.9 Å². The van der Waals surface area contributed by atoms with E-state index in [1.165, 1.54) is 25.3 Å². The molecule has 1 saturated carbocycles. The molecule has 59 heavy (non-hydrogen) atoms. The smallest absolute Gasteiger partial charge is 0.404 e. The van der Waals surface area contributed by atoms with Gasteiger partial charge in [-0.15, -0.1) is 0 Å². The van der Waals surface area contributed by atoms with Gasteiger partial charge in [-0.05, 0) is 144 Å². The first-order valence-electron chi connectivity index (χ1n) is 22.0. The summed E-state index contributed by atoms with van der Waals surface area (Å²) in [4.78, 5) is 48.8. The van der Waals surface area contributed by atoms with E-state index in [1.54, 1.807) is 52.3 Å². The normalized spacial score (nSPS) is 26.5. The molecule has 5 heterocycles. The minimum atomic E-state index is -3.63. The Morgan fingerprint density at radius 1 is 0.847 bits per heavy atom. The van der Waals surface area contributed by atoms with E-state index in [0.717, 1.165) is 103 Å². The zero-order valence-electron chi connectivity index (χ0n) is 34.2. The van der Waals surface area contributed by atoms with Crippen LogP contribution in [0.2, 0.25) is 0 Å². The predicted molar refractivity (Wildman–Crippen MR) is 224 cm³/mol. The summed E-state index contributed by atoms with van der Waals surface area (Å²) in [6.07, 6.45) is 12.1. The Morgan fingerprint density at radius 2 is 1.58 bits per heavy atom. The number of amides is 3. The number of benzene rings is 2. The van der Waals surface area contributed by atoms with Crippen LogP contribution in [-0.2, 0) is 24.8 Å². The molecule has 2 aromatic carbocycles. The summed E-state index contributed by atoms with van der Waals surface area (Å²) < 4.78 is 41.9. The molecule has 0 spiro atoms. The van der Waals surface area contributed by atoms with Crippen molar-refractivity contribution in [3.8, 4) is 0 Å². The Kier molecular flexibility index (Phi) is 12.8. The SMILES string of the molecule is O=C(O)N[C@H]1CCC[C@@H]1[C@](CN1CCC1)(c1cccc(F)c1)C1CCN(C[C@@H]2CC(=O)N(c3ccc(S(=O)(=O)C4CN(C(=O)/C=C/CN5CCCCC5)C4)cc3)C2)CC1. The summed E-state index contributed by atoms with van der Waals surface area (Å²) in [5.74, 6) is 0.0533. The van der Waals surface area contributed by atoms with E-state index in [9.17, 15) is 32.3 Å². The highest BCUT2D eigenvalue weighted by molar-refractivity contribution is 7.92. The van der Waals surface area contributed by atoms with Gasteiger partial charge in [-0.25, -0.2) is 17.6 Å². The van der Waals surface area contributed by atoms with Gasteiger partial charge in [-0.1, -0.05) is 31.1 Å². The molecule has 3 amide bonds. The highest BCUT2D eigenvalue weighted by Gasteiger charge is 2.53. The van der Waals surface area contributed by atoms with E-state index in [-0.39, 0.29) is 59.4 Å². The van der Waals surface area contributed by atoms with Gasteiger partial charge in [-0.3, -0.25) is 14.5 Å². The topological polar surface area (TPSA) is 134 Å². The minimum Gasteiger partial charge on any atom is -0.465 e. The summed E-state index contributed by atoms with van der Waals surface area (Å²) >= 11 is 0. The van der Waals surface area contributed by atoms with Gasteiger partial charge in [-0.2, -0.15) is 0 Å². The van der Waals surface area contributed by atoms with Gasteiger partial charge >= 0.3 is 6.09 Å². The lowest BCUT2D eigenvalue weighted by Gasteiger charge is -2.53. The number of likely N-dealkylation sites (tertiary alicyclic amines) is 4. The van der Waals surface area contributed by atoms with Crippen molar-refractivity contribution >= 4 is 33.4 Å². The summed E-state index contributed by atoms with van der Waals surface area (Å²) in [5, 5.41) is 12.0. The summed E-state index contributed by atoms with van der Waals surface area (Å²) in [7, 11) is -3.63. The minimum absolute atomic E-state index is 0.0276. The third-order valence-electron chi connectivity index (χ3n) is 14.5. The molecule has 0 aromatic heterocycles. The maximum Gasteiger partial charge on any atom is 0.404 e. The molecule has 6 aliphatic rings. The highest BCUT2D eigenvalue weighted by atomic mass is 32.2. The van der Waals surface area contributed by atoms with Gasteiger partial charge in [0.05, 0.1) is 4.90 Å². The number of nitrogens with zero attached hydrogens (tertiary/aromatic N) is 5. The molecule has 0 radical (unpaired) electrons. The van der Waals surface area contributed by atoms with Crippen molar-refractivity contribution in [3.63, 3.8) is 0 Å². The number of carbonyl (C=O) groups is 3. The van der Waals surface area contributed by atoms with Gasteiger partial charge in [0.15, 0.2) is 9.84 Å². The first kappa shape index (κ1) is 41.9. The van der Waals surface area contributed by atoms with Gasteiger partial charge in [0.1, 0.15) is 11.1 Å². The zero-order chi connectivity index (χ0) is 41.1. The molecule has 14 heteroatoms. The first-order valence-corrected chi connectivity index (χ1v) is 23.6. The zero-order valence-corrected chi connectivity index (χ0v) is 35.0. The van der Waals surface area contributed by atoms with Gasteiger partial charge < -0.3 is 30.0 Å². The van der Waals surface area contributed by atoms with Crippen LogP contribution in [0, 0.1) is 23.6 Å². The lowest BCUT2D eigenvalue weighted by molar-refractivity contribution is -0.129. The van der Waals surface area contributed by atoms with Crippen LogP contribution in [-0.4, -0.2) is 141 Å². The number of carboxylic acid groups (broad SMARTS) is 1.